The van der Waals surface area contributed by atoms with Crippen LogP contribution in [0.4, 0.5) is 0 Å². The number of halogens is 1. The number of hydrogen-bond donors (Lipinski definition) is 0. The van der Waals surface area contributed by atoms with Crippen molar-refractivity contribution < 1.29 is 23.5 Å². The summed E-state index contributed by atoms with van der Waals surface area (Å²) in [5.41, 5.74) is 2.16. The first kappa shape index (κ1) is 33.1. The molecule has 0 saturated carbocycles. The monoisotopic (exact) mass is 756 g/mol. The minimum absolute atomic E-state index is 0.00122. The Morgan fingerprint density at radius 1 is 0.511 bits per heavy atom. The Kier molecular flexibility index (Phi) is 9.21. The molecule has 0 saturated heterocycles. The predicted molar refractivity (Wildman–Crippen MR) is 188 cm³/mol. The van der Waals surface area contributed by atoms with Crippen LogP contribution in [0.5, 0.6) is 5.75 Å². The van der Waals surface area contributed by atoms with Crippen LogP contribution in [0.15, 0.2) is 125 Å². The Labute approximate surface area is 274 Å². The first-order valence-corrected chi connectivity index (χ1v) is 20.3. The molecule has 45 heavy (non-hydrogen) atoms. The van der Waals surface area contributed by atoms with Crippen molar-refractivity contribution in [3.8, 4) is 5.75 Å². The molecule has 0 fully saturated rings. The summed E-state index contributed by atoms with van der Waals surface area (Å²) in [7, 11) is -8.45. The van der Waals surface area contributed by atoms with Gasteiger partial charge in [0.25, 0.3) is 0 Å². The van der Waals surface area contributed by atoms with Crippen LogP contribution < -0.4 is 4.18 Å². The second-order valence-corrected chi connectivity index (χ2v) is 20.7. The van der Waals surface area contributed by atoms with Gasteiger partial charge in [0.15, 0.2) is 0 Å². The van der Waals surface area contributed by atoms with Crippen LogP contribution in [0, 0.1) is 7.14 Å². The number of rotatable bonds is 8. The zero-order valence-corrected chi connectivity index (χ0v) is 29.9. The summed E-state index contributed by atoms with van der Waals surface area (Å²) in [4.78, 5) is -0.0545. The summed E-state index contributed by atoms with van der Waals surface area (Å²) in [6.07, 6.45) is 0. The molecule has 0 aliphatic carbocycles. The fourth-order valence-electron chi connectivity index (χ4n) is 4.74. The molecule has 6 nitrogen and oxygen atoms in total. The van der Waals surface area contributed by atoms with E-state index in [1.54, 1.807) is 42.5 Å². The second-order valence-electron chi connectivity index (χ2n) is 12.7. The molecule has 0 amide bonds. The third-order valence-corrected chi connectivity index (χ3v) is 15.9. The van der Waals surface area contributed by atoms with Gasteiger partial charge in [-0.05, 0) is 0 Å². The van der Waals surface area contributed by atoms with Gasteiger partial charge in [0.1, 0.15) is 0 Å². The van der Waals surface area contributed by atoms with Crippen LogP contribution in [-0.2, 0) is 33.6 Å². The summed E-state index contributed by atoms with van der Waals surface area (Å²) in [5.74, 6) is 0.0271. The van der Waals surface area contributed by atoms with Gasteiger partial charge < -0.3 is 0 Å². The van der Waals surface area contributed by atoms with E-state index in [4.69, 9.17) is 6.70 Å². The van der Waals surface area contributed by atoms with Crippen LogP contribution in [-0.4, -0.2) is 16.8 Å². The number of benzene rings is 5. The van der Waals surface area contributed by atoms with Gasteiger partial charge in [0.05, 0.1) is 0 Å². The van der Waals surface area contributed by atoms with E-state index in [1.165, 1.54) is 24.3 Å². The van der Waals surface area contributed by atoms with E-state index in [9.17, 15) is 16.8 Å². The third-order valence-electron chi connectivity index (χ3n) is 7.31. The van der Waals surface area contributed by atoms with E-state index >= 15 is 0 Å². The Balaban J connectivity index is 1.57. The quantitative estimate of drug-likeness (QED) is 0.116. The summed E-state index contributed by atoms with van der Waals surface area (Å²) >= 11 is -3.02. The van der Waals surface area contributed by atoms with Crippen LogP contribution in [0.3, 0.4) is 0 Å². The van der Waals surface area contributed by atoms with E-state index in [0.29, 0.717) is 10.8 Å². The van der Waals surface area contributed by atoms with E-state index in [1.807, 2.05) is 48.5 Å². The molecule has 236 valence electrons. The molecule has 5 aromatic rings. The molecule has 0 atom stereocenters. The van der Waals surface area contributed by atoms with Gasteiger partial charge in [-0.1, -0.05) is 0 Å². The Hall–Kier alpha value is -3.25. The summed E-state index contributed by atoms with van der Waals surface area (Å²) in [6.45, 7) is 12.8. The SMILES string of the molecule is CC(C)(C)c1ccc(I(OS(=O)(=O)c2cccc3c(OS(=O)(=O)c4ccccc4)cccc23)c2ccc(C(C)(C)C)cc2)cc1. The second kappa shape index (κ2) is 12.5. The minimum atomic E-state index is -4.31. The molecular weight excluding hydrogens is 719 g/mol. The molecule has 0 spiro atoms. The molecule has 0 unspecified atom stereocenters. The molecule has 5 aromatic carbocycles. The van der Waals surface area contributed by atoms with Gasteiger partial charge in [0.2, 0.25) is 0 Å². The molecule has 0 aliphatic heterocycles. The zero-order valence-electron chi connectivity index (χ0n) is 26.1. The van der Waals surface area contributed by atoms with Gasteiger partial charge in [0, 0.05) is 0 Å². The Morgan fingerprint density at radius 3 is 1.51 bits per heavy atom. The van der Waals surface area contributed by atoms with Crippen molar-refractivity contribution in [3.05, 3.63) is 134 Å². The summed E-state index contributed by atoms with van der Waals surface area (Å²) in [6, 6.07) is 33.2. The molecular formula is C36H37IO6S2. The van der Waals surface area contributed by atoms with Crippen LogP contribution >= 0.6 is 20.2 Å². The molecule has 0 aromatic heterocycles. The first-order valence-electron chi connectivity index (χ1n) is 14.4. The fraction of sp³-hybridized carbons (Fsp3) is 0.222. The summed E-state index contributed by atoms with van der Waals surface area (Å²) < 4.78 is 67.7. The average molecular weight is 757 g/mol. The van der Waals surface area contributed by atoms with Crippen molar-refractivity contribution in [3.63, 3.8) is 0 Å². The van der Waals surface area contributed by atoms with Gasteiger partial charge in [-0.3, -0.25) is 0 Å². The van der Waals surface area contributed by atoms with Crippen molar-refractivity contribution in [2.75, 3.05) is 0 Å². The van der Waals surface area contributed by atoms with Gasteiger partial charge in [-0.15, -0.1) is 0 Å². The number of hydrogen-bond acceptors (Lipinski definition) is 6. The van der Waals surface area contributed by atoms with Crippen LogP contribution in [0.2, 0.25) is 0 Å². The molecule has 0 N–H and O–H groups in total. The topological polar surface area (TPSA) is 86.7 Å². The molecule has 0 aliphatic rings. The fourth-order valence-corrected chi connectivity index (χ4v) is 12.8. The standard InChI is InChI=1S/C36H37IO6S2/c1-35(2,3)26-18-22-28(23-19-26)37(29-24-20-27(21-25-29)36(4,5)6)43-45(40,41)34-17-11-14-31-32(34)15-10-16-33(31)42-44(38,39)30-12-8-7-9-13-30/h7-25H,1-6H3. The van der Waals surface area contributed by atoms with Crippen molar-refractivity contribution in [1.29, 1.82) is 0 Å². The molecule has 5 rings (SSSR count). The van der Waals surface area contributed by atoms with Crippen molar-refractivity contribution in [2.45, 2.75) is 62.2 Å². The maximum atomic E-state index is 14.1. The summed E-state index contributed by atoms with van der Waals surface area (Å²) in [5, 5.41) is 0.645. The van der Waals surface area contributed by atoms with Crippen LogP contribution in [0.1, 0.15) is 52.7 Å². The molecule has 0 heterocycles. The van der Waals surface area contributed by atoms with Gasteiger partial charge in [-0.2, -0.15) is 0 Å². The van der Waals surface area contributed by atoms with Gasteiger partial charge >= 0.3 is 276 Å². The Bertz CT molecular complexity index is 1970. The van der Waals surface area contributed by atoms with E-state index < -0.39 is 40.5 Å². The first-order chi connectivity index (χ1) is 21.1. The van der Waals surface area contributed by atoms with E-state index in [0.717, 1.165) is 18.3 Å². The Morgan fingerprint density at radius 2 is 1.00 bits per heavy atom. The van der Waals surface area contributed by atoms with Crippen molar-refractivity contribution in [2.24, 2.45) is 0 Å². The van der Waals surface area contributed by atoms with E-state index in [-0.39, 0.29) is 26.4 Å². The molecule has 9 heteroatoms. The molecule has 0 bridgehead atoms. The van der Waals surface area contributed by atoms with Crippen molar-refractivity contribution >= 4 is 51.2 Å². The van der Waals surface area contributed by atoms with Gasteiger partial charge in [-0.25, -0.2) is 0 Å². The zero-order chi connectivity index (χ0) is 32.6. The van der Waals surface area contributed by atoms with E-state index in [2.05, 4.69) is 41.5 Å². The maximum absolute atomic E-state index is 14.1. The predicted octanol–water partition coefficient (Wildman–Crippen LogP) is 9.07. The third kappa shape index (κ3) is 7.43. The van der Waals surface area contributed by atoms with Crippen LogP contribution in [0.25, 0.3) is 10.8 Å². The number of fused-ring (bicyclic) bond motifs is 1. The van der Waals surface area contributed by atoms with Crippen molar-refractivity contribution in [1.82, 2.24) is 0 Å². The normalized spacial score (nSPS) is 13.1. The average Bonchev–Trinajstić information content (AvgIpc) is 2.99. The molecule has 0 radical (unpaired) electrons.